The van der Waals surface area contributed by atoms with Gasteiger partial charge in [-0.25, -0.2) is 0 Å². The third-order valence-corrected chi connectivity index (χ3v) is 9.34. The molecule has 0 unspecified atom stereocenters. The van der Waals surface area contributed by atoms with Gasteiger partial charge in [0.1, 0.15) is 6.54 Å². The number of hydrogen-bond acceptors (Lipinski definition) is 3. The largest absolute Gasteiger partial charge is 0.390 e. The first kappa shape index (κ1) is 19.5. The number of nitrogens with zero attached hydrogens (tertiary/aromatic N) is 2. The Morgan fingerprint density at radius 2 is 2.03 bits per heavy atom. The van der Waals surface area contributed by atoms with Crippen molar-refractivity contribution in [1.82, 2.24) is 9.78 Å². The summed E-state index contributed by atoms with van der Waals surface area (Å²) in [5.74, 6) is 3.44. The number of ketones is 1. The predicted molar refractivity (Wildman–Crippen MR) is 113 cm³/mol. The van der Waals surface area contributed by atoms with Gasteiger partial charge in [0.15, 0.2) is 5.78 Å². The molecule has 0 aliphatic heterocycles. The normalized spacial score (nSPS) is 43.9. The van der Waals surface area contributed by atoms with Gasteiger partial charge in [0, 0.05) is 17.8 Å². The maximum absolute atomic E-state index is 13.3. The molecule has 0 aromatic carbocycles. The van der Waals surface area contributed by atoms with E-state index >= 15 is 0 Å². The summed E-state index contributed by atoms with van der Waals surface area (Å²) in [6, 6.07) is 1.98. The molecule has 29 heavy (non-hydrogen) atoms. The Kier molecular flexibility index (Phi) is 4.58. The van der Waals surface area contributed by atoms with Crippen molar-refractivity contribution >= 4 is 5.78 Å². The summed E-state index contributed by atoms with van der Waals surface area (Å²) < 4.78 is 1.87. The second-order valence-electron chi connectivity index (χ2n) is 11.0. The van der Waals surface area contributed by atoms with E-state index in [4.69, 9.17) is 0 Å². The molecule has 3 saturated carbocycles. The van der Waals surface area contributed by atoms with Gasteiger partial charge in [-0.1, -0.05) is 18.6 Å². The molecule has 0 radical (unpaired) electrons. The molecule has 0 bridgehead atoms. The van der Waals surface area contributed by atoms with E-state index in [-0.39, 0.29) is 11.3 Å². The zero-order valence-corrected chi connectivity index (χ0v) is 18.2. The Hall–Kier alpha value is -1.42. The molecule has 4 heteroatoms. The van der Waals surface area contributed by atoms with Gasteiger partial charge < -0.3 is 5.11 Å². The van der Waals surface area contributed by atoms with Crippen molar-refractivity contribution in [3.63, 3.8) is 0 Å². The Morgan fingerprint density at radius 3 is 2.79 bits per heavy atom. The van der Waals surface area contributed by atoms with Crippen LogP contribution in [0, 0.1) is 41.9 Å². The van der Waals surface area contributed by atoms with Gasteiger partial charge >= 0.3 is 0 Å². The topological polar surface area (TPSA) is 55.1 Å². The number of aryl methyl sites for hydroxylation is 1. The number of carbonyl (C=O) groups excluding carboxylic acids is 1. The van der Waals surface area contributed by atoms with Crippen LogP contribution in [0.4, 0.5) is 0 Å². The van der Waals surface area contributed by atoms with Gasteiger partial charge in [0.05, 0.1) is 5.60 Å². The second-order valence-corrected chi connectivity index (χ2v) is 11.0. The fraction of sp³-hybridized carbons (Fsp3) is 0.760. The highest BCUT2D eigenvalue weighted by molar-refractivity contribution is 5.82. The molecule has 0 amide bonds. The van der Waals surface area contributed by atoms with Crippen LogP contribution in [0.5, 0.6) is 0 Å². The molecule has 4 aliphatic rings. The van der Waals surface area contributed by atoms with Gasteiger partial charge in [-0.15, -0.1) is 0 Å². The molecule has 0 spiro atoms. The fourth-order valence-electron chi connectivity index (χ4n) is 7.82. The Balaban J connectivity index is 1.35. The summed E-state index contributed by atoms with van der Waals surface area (Å²) in [7, 11) is 0. The van der Waals surface area contributed by atoms with Gasteiger partial charge in [0.2, 0.25) is 0 Å². The predicted octanol–water partition coefficient (Wildman–Crippen LogP) is 4.70. The van der Waals surface area contributed by atoms with E-state index in [1.165, 1.54) is 24.8 Å². The lowest BCUT2D eigenvalue weighted by Gasteiger charge is -2.54. The minimum atomic E-state index is -0.506. The van der Waals surface area contributed by atoms with Crippen molar-refractivity contribution in [2.75, 3.05) is 0 Å². The molecule has 1 N–H and O–H groups in total. The molecule has 4 aliphatic carbocycles. The fourth-order valence-corrected chi connectivity index (χ4v) is 7.82. The number of rotatable bonds is 3. The van der Waals surface area contributed by atoms with Crippen molar-refractivity contribution < 1.29 is 9.90 Å². The first-order valence-electron chi connectivity index (χ1n) is 11.7. The summed E-state index contributed by atoms with van der Waals surface area (Å²) in [5.41, 5.74) is 2.25. The molecule has 158 valence electrons. The highest BCUT2D eigenvalue weighted by atomic mass is 16.3. The van der Waals surface area contributed by atoms with Crippen LogP contribution >= 0.6 is 0 Å². The zero-order chi connectivity index (χ0) is 20.4. The van der Waals surface area contributed by atoms with Gasteiger partial charge in [-0.3, -0.25) is 9.48 Å². The monoisotopic (exact) mass is 396 g/mol. The Labute approximate surface area is 174 Å². The van der Waals surface area contributed by atoms with Crippen LogP contribution in [-0.4, -0.2) is 26.3 Å². The van der Waals surface area contributed by atoms with Gasteiger partial charge in [-0.05, 0) is 100 Å². The van der Waals surface area contributed by atoms with E-state index in [2.05, 4.69) is 18.1 Å². The minimum absolute atomic E-state index is 0.158. The quantitative estimate of drug-likeness (QED) is 0.754. The second kappa shape index (κ2) is 6.80. The summed E-state index contributed by atoms with van der Waals surface area (Å²) in [6.45, 7) is 6.88. The standard InChI is InChI=1S/C25H36N2O2/c1-16-10-13-26-27(16)15-23(28)22-7-6-21-20-5-4-17-14-24(2,29)11-8-18(17)19(20)9-12-25(21,22)3/h4,10,13,18-22,29H,5-9,11-12,14-15H2,1-3H3/t18-,19+,20+,21-,22+,24+,25-/m0/s1. The summed E-state index contributed by atoms with van der Waals surface area (Å²) in [6.07, 6.45) is 13.1. The molecule has 1 heterocycles. The molecule has 7 atom stereocenters. The lowest BCUT2D eigenvalue weighted by Crippen LogP contribution is -2.48. The number of aromatic nitrogens is 2. The van der Waals surface area contributed by atoms with Crippen molar-refractivity contribution in [3.8, 4) is 0 Å². The lowest BCUT2D eigenvalue weighted by molar-refractivity contribution is -0.129. The van der Waals surface area contributed by atoms with Crippen LogP contribution in [0.15, 0.2) is 23.9 Å². The Bertz CT molecular complexity index is 838. The first-order valence-corrected chi connectivity index (χ1v) is 11.7. The average molecular weight is 397 g/mol. The summed E-state index contributed by atoms with van der Waals surface area (Å²) in [5, 5.41) is 14.9. The number of aliphatic hydroxyl groups is 1. The molecule has 1 aromatic rings. The number of Topliss-reactive ketones (excluding diaryl/α,β-unsaturated/α-hetero) is 1. The van der Waals surface area contributed by atoms with Crippen LogP contribution in [0.3, 0.4) is 0 Å². The maximum atomic E-state index is 13.3. The Morgan fingerprint density at radius 1 is 1.21 bits per heavy atom. The molecule has 0 saturated heterocycles. The summed E-state index contributed by atoms with van der Waals surface area (Å²) >= 11 is 0. The number of carbonyl (C=O) groups is 1. The SMILES string of the molecule is Cc1ccnn1CC(=O)[C@H]1CC[C@H]2[C@@H]3CC=C4C[C@](C)(O)CC[C@@H]4[C@H]3CC[C@]12C. The minimum Gasteiger partial charge on any atom is -0.390 e. The third kappa shape index (κ3) is 3.13. The van der Waals surface area contributed by atoms with Crippen LogP contribution in [-0.2, 0) is 11.3 Å². The van der Waals surface area contributed by atoms with Crippen molar-refractivity contribution in [2.24, 2.45) is 35.0 Å². The molecule has 1 aromatic heterocycles. The third-order valence-electron chi connectivity index (χ3n) is 9.34. The molecule has 4 nitrogen and oxygen atoms in total. The van der Waals surface area contributed by atoms with Gasteiger partial charge in [-0.2, -0.15) is 5.10 Å². The first-order chi connectivity index (χ1) is 13.8. The van der Waals surface area contributed by atoms with Crippen LogP contribution in [0.2, 0.25) is 0 Å². The highest BCUT2D eigenvalue weighted by Gasteiger charge is 2.57. The maximum Gasteiger partial charge on any atom is 0.157 e. The van der Waals surface area contributed by atoms with Crippen molar-refractivity contribution in [1.29, 1.82) is 0 Å². The summed E-state index contributed by atoms with van der Waals surface area (Å²) in [4.78, 5) is 13.3. The van der Waals surface area contributed by atoms with E-state index in [0.717, 1.165) is 49.6 Å². The number of fused-ring (bicyclic) bond motifs is 5. The van der Waals surface area contributed by atoms with Crippen LogP contribution in [0.25, 0.3) is 0 Å². The molecule has 3 fully saturated rings. The van der Waals surface area contributed by atoms with E-state index in [1.807, 2.05) is 24.6 Å². The van der Waals surface area contributed by atoms with E-state index in [1.54, 1.807) is 6.20 Å². The van der Waals surface area contributed by atoms with Crippen LogP contribution < -0.4 is 0 Å². The van der Waals surface area contributed by atoms with Crippen molar-refractivity contribution in [3.05, 3.63) is 29.6 Å². The lowest BCUT2D eigenvalue weighted by atomic mass is 9.51. The molecular weight excluding hydrogens is 360 g/mol. The molecular formula is C25H36N2O2. The zero-order valence-electron chi connectivity index (χ0n) is 18.2. The highest BCUT2D eigenvalue weighted by Crippen LogP contribution is 2.63. The van der Waals surface area contributed by atoms with Crippen molar-refractivity contribution in [2.45, 2.75) is 84.3 Å². The van der Waals surface area contributed by atoms with E-state index < -0.39 is 5.60 Å². The van der Waals surface area contributed by atoms with E-state index in [0.29, 0.717) is 24.2 Å². The number of hydrogen-bond donors (Lipinski definition) is 1. The van der Waals surface area contributed by atoms with Crippen LogP contribution in [0.1, 0.15) is 70.9 Å². The number of allylic oxidation sites excluding steroid dienone is 1. The van der Waals surface area contributed by atoms with E-state index in [9.17, 15) is 9.90 Å². The average Bonchev–Trinajstić information content (AvgIpc) is 3.23. The molecule has 5 rings (SSSR count). The van der Waals surface area contributed by atoms with Gasteiger partial charge in [0.25, 0.3) is 0 Å². The smallest absolute Gasteiger partial charge is 0.157 e.